The monoisotopic (exact) mass is 237 g/mol. The van der Waals surface area contributed by atoms with Crippen molar-refractivity contribution in [2.75, 3.05) is 6.54 Å². The number of benzene rings is 1. The van der Waals surface area contributed by atoms with E-state index in [9.17, 15) is 9.50 Å². The number of aliphatic hydroxyl groups excluding tert-OH is 1. The number of hydrogen-bond acceptors (Lipinski definition) is 2. The normalized spacial score (nSPS) is 22.5. The van der Waals surface area contributed by atoms with Crippen LogP contribution < -0.4 is 5.32 Å². The molecule has 2 atom stereocenters. The van der Waals surface area contributed by atoms with Gasteiger partial charge in [0.15, 0.2) is 0 Å². The van der Waals surface area contributed by atoms with Gasteiger partial charge >= 0.3 is 0 Å². The zero-order chi connectivity index (χ0) is 12.4. The summed E-state index contributed by atoms with van der Waals surface area (Å²) in [5.74, 6) is -0.289. The molecular weight excluding hydrogens is 217 g/mol. The van der Waals surface area contributed by atoms with Gasteiger partial charge in [-0.05, 0) is 50.4 Å². The van der Waals surface area contributed by atoms with E-state index in [0.29, 0.717) is 5.56 Å². The van der Waals surface area contributed by atoms with Crippen LogP contribution in [0.25, 0.3) is 0 Å². The second kappa shape index (κ2) is 5.15. The lowest BCUT2D eigenvalue weighted by Gasteiger charge is -2.29. The maximum Gasteiger partial charge on any atom is 0.129 e. The number of rotatable bonds is 2. The van der Waals surface area contributed by atoms with Crippen LogP contribution in [0.4, 0.5) is 4.39 Å². The Bertz CT molecular complexity index is 376. The molecule has 2 rings (SSSR count). The summed E-state index contributed by atoms with van der Waals surface area (Å²) in [5.41, 5.74) is 2.19. The predicted octanol–water partition coefficient (Wildman–Crippen LogP) is 2.62. The molecule has 0 aromatic heterocycles. The van der Waals surface area contributed by atoms with Gasteiger partial charge in [0.05, 0.1) is 6.10 Å². The van der Waals surface area contributed by atoms with Crippen molar-refractivity contribution in [3.8, 4) is 0 Å². The number of nitrogens with one attached hydrogen (secondary N) is 1. The van der Waals surface area contributed by atoms with Crippen molar-refractivity contribution in [3.63, 3.8) is 0 Å². The van der Waals surface area contributed by atoms with Gasteiger partial charge in [-0.25, -0.2) is 4.39 Å². The van der Waals surface area contributed by atoms with Crippen molar-refractivity contribution in [2.24, 2.45) is 0 Å². The maximum absolute atomic E-state index is 13.9. The fourth-order valence-electron chi connectivity index (χ4n) is 2.65. The first-order valence-electron chi connectivity index (χ1n) is 6.27. The van der Waals surface area contributed by atoms with Crippen LogP contribution in [-0.2, 0) is 0 Å². The minimum Gasteiger partial charge on any atom is -0.387 e. The van der Waals surface area contributed by atoms with Gasteiger partial charge in [0.1, 0.15) is 5.82 Å². The maximum atomic E-state index is 13.9. The zero-order valence-corrected chi connectivity index (χ0v) is 10.5. The van der Waals surface area contributed by atoms with E-state index in [1.807, 2.05) is 19.9 Å². The molecule has 0 aliphatic carbocycles. The van der Waals surface area contributed by atoms with Gasteiger partial charge in [-0.3, -0.25) is 0 Å². The molecule has 1 aromatic rings. The highest BCUT2D eigenvalue weighted by atomic mass is 19.1. The molecule has 0 saturated carbocycles. The average Bonchev–Trinajstić information content (AvgIpc) is 2.28. The van der Waals surface area contributed by atoms with Gasteiger partial charge in [-0.15, -0.1) is 0 Å². The number of hydrogen-bond donors (Lipinski definition) is 2. The highest BCUT2D eigenvalue weighted by Crippen LogP contribution is 2.28. The summed E-state index contributed by atoms with van der Waals surface area (Å²) >= 11 is 0. The minimum absolute atomic E-state index is 0.0142. The third-order valence-electron chi connectivity index (χ3n) is 3.51. The Hall–Kier alpha value is -0.930. The first kappa shape index (κ1) is 12.5. The molecule has 17 heavy (non-hydrogen) atoms. The molecule has 0 amide bonds. The first-order chi connectivity index (χ1) is 8.09. The third-order valence-corrected chi connectivity index (χ3v) is 3.51. The van der Waals surface area contributed by atoms with Crippen molar-refractivity contribution in [1.29, 1.82) is 0 Å². The first-order valence-corrected chi connectivity index (χ1v) is 6.27. The van der Waals surface area contributed by atoms with Gasteiger partial charge in [0.25, 0.3) is 0 Å². The summed E-state index contributed by atoms with van der Waals surface area (Å²) < 4.78 is 13.9. The van der Waals surface area contributed by atoms with Crippen molar-refractivity contribution in [2.45, 2.75) is 45.3 Å². The lowest BCUT2D eigenvalue weighted by molar-refractivity contribution is 0.109. The van der Waals surface area contributed by atoms with Gasteiger partial charge in [0.2, 0.25) is 0 Å². The van der Waals surface area contributed by atoms with Crippen LogP contribution in [-0.4, -0.2) is 17.7 Å². The van der Waals surface area contributed by atoms with E-state index in [2.05, 4.69) is 5.32 Å². The van der Waals surface area contributed by atoms with E-state index in [0.717, 1.165) is 36.9 Å². The quantitative estimate of drug-likeness (QED) is 0.828. The SMILES string of the molecule is Cc1cc(C)c(C(O)C2CCCCN2)c(F)c1. The third kappa shape index (κ3) is 2.67. The van der Waals surface area contributed by atoms with E-state index in [1.54, 1.807) is 0 Å². The van der Waals surface area contributed by atoms with Crippen LogP contribution in [0, 0.1) is 19.7 Å². The summed E-state index contributed by atoms with van der Waals surface area (Å²) in [6.45, 7) is 4.64. The molecule has 0 spiro atoms. The van der Waals surface area contributed by atoms with Crippen LogP contribution in [0.5, 0.6) is 0 Å². The fraction of sp³-hybridized carbons (Fsp3) is 0.571. The molecule has 1 aliphatic rings. The molecule has 1 saturated heterocycles. The lowest BCUT2D eigenvalue weighted by atomic mass is 9.91. The van der Waals surface area contributed by atoms with Crippen molar-refractivity contribution in [3.05, 3.63) is 34.6 Å². The number of aliphatic hydroxyl groups is 1. The average molecular weight is 237 g/mol. The summed E-state index contributed by atoms with van der Waals surface area (Å²) in [5, 5.41) is 13.6. The van der Waals surface area contributed by atoms with Crippen LogP contribution in [0.1, 0.15) is 42.1 Å². The second-order valence-corrected chi connectivity index (χ2v) is 4.98. The molecule has 1 fully saturated rings. The topological polar surface area (TPSA) is 32.3 Å². The summed E-state index contributed by atoms with van der Waals surface area (Å²) in [6, 6.07) is 3.40. The summed E-state index contributed by atoms with van der Waals surface area (Å²) in [4.78, 5) is 0. The Morgan fingerprint density at radius 2 is 2.12 bits per heavy atom. The minimum atomic E-state index is -0.740. The Labute approximate surface area is 102 Å². The van der Waals surface area contributed by atoms with Gasteiger partial charge in [0, 0.05) is 11.6 Å². The number of aryl methyl sites for hydroxylation is 2. The summed E-state index contributed by atoms with van der Waals surface area (Å²) in [7, 11) is 0. The second-order valence-electron chi connectivity index (χ2n) is 4.98. The van der Waals surface area contributed by atoms with E-state index in [1.165, 1.54) is 6.07 Å². The molecule has 3 heteroatoms. The van der Waals surface area contributed by atoms with Crippen molar-refractivity contribution >= 4 is 0 Å². The molecule has 1 aliphatic heterocycles. The Balaban J connectivity index is 2.26. The van der Waals surface area contributed by atoms with Crippen LogP contribution in [0.2, 0.25) is 0 Å². The molecule has 2 N–H and O–H groups in total. The molecule has 94 valence electrons. The van der Waals surface area contributed by atoms with Crippen LogP contribution in [0.3, 0.4) is 0 Å². The van der Waals surface area contributed by atoms with Crippen LogP contribution in [0.15, 0.2) is 12.1 Å². The standard InChI is InChI=1S/C14H20FNO/c1-9-7-10(2)13(11(15)8-9)14(17)12-5-3-4-6-16-12/h7-8,12,14,16-17H,3-6H2,1-2H3. The largest absolute Gasteiger partial charge is 0.387 e. The van der Waals surface area contributed by atoms with E-state index < -0.39 is 6.10 Å². The molecule has 1 heterocycles. The van der Waals surface area contributed by atoms with E-state index in [4.69, 9.17) is 0 Å². The Kier molecular flexibility index (Phi) is 3.79. The number of piperidine rings is 1. The fourth-order valence-corrected chi connectivity index (χ4v) is 2.65. The molecule has 0 radical (unpaired) electrons. The van der Waals surface area contributed by atoms with Gasteiger partial charge < -0.3 is 10.4 Å². The van der Waals surface area contributed by atoms with E-state index >= 15 is 0 Å². The van der Waals surface area contributed by atoms with Crippen molar-refractivity contribution < 1.29 is 9.50 Å². The highest BCUT2D eigenvalue weighted by Gasteiger charge is 2.26. The van der Waals surface area contributed by atoms with E-state index in [-0.39, 0.29) is 11.9 Å². The molecule has 0 bridgehead atoms. The van der Waals surface area contributed by atoms with Crippen molar-refractivity contribution in [1.82, 2.24) is 5.32 Å². The Morgan fingerprint density at radius 3 is 2.71 bits per heavy atom. The molecule has 1 aromatic carbocycles. The smallest absolute Gasteiger partial charge is 0.129 e. The number of halogens is 1. The summed E-state index contributed by atoms with van der Waals surface area (Å²) in [6.07, 6.45) is 2.41. The lowest BCUT2D eigenvalue weighted by Crippen LogP contribution is -2.39. The zero-order valence-electron chi connectivity index (χ0n) is 10.5. The highest BCUT2D eigenvalue weighted by molar-refractivity contribution is 5.34. The van der Waals surface area contributed by atoms with Gasteiger partial charge in [-0.1, -0.05) is 12.5 Å². The van der Waals surface area contributed by atoms with Gasteiger partial charge in [-0.2, -0.15) is 0 Å². The molecular formula is C14H20FNO. The van der Waals surface area contributed by atoms with Crippen LogP contribution >= 0.6 is 0 Å². The Morgan fingerprint density at radius 1 is 1.35 bits per heavy atom. The molecule has 2 nitrogen and oxygen atoms in total. The molecule has 2 unspecified atom stereocenters. The predicted molar refractivity (Wildman–Crippen MR) is 66.5 cm³/mol.